The Morgan fingerprint density at radius 3 is 1.50 bits per heavy atom. The van der Waals surface area contributed by atoms with E-state index in [0.717, 1.165) is 0 Å². The predicted molar refractivity (Wildman–Crippen MR) is 17.6 cm³/mol. The second-order valence-electron chi connectivity index (χ2n) is 0.318. The van der Waals surface area contributed by atoms with E-state index in [0.29, 0.717) is 0 Å². The Kier molecular flexibility index (Phi) is 3.18. The maximum absolute atomic E-state index is 5.18. The van der Waals surface area contributed by atoms with Crippen LogP contribution in [0.25, 0.3) is 0 Å². The molecule has 0 N–H and O–H groups in total. The molecule has 0 aliphatic carbocycles. The van der Waals surface area contributed by atoms with Gasteiger partial charge in [0, 0.05) is 0 Å². The van der Waals surface area contributed by atoms with Gasteiger partial charge in [0.25, 0.3) is 0 Å². The van der Waals surface area contributed by atoms with Crippen LogP contribution in [0, 0.1) is 0 Å². The van der Waals surface area contributed by atoms with Crippen LogP contribution in [0.1, 0.15) is 0 Å². The van der Waals surface area contributed by atoms with E-state index in [2.05, 4.69) is 0 Å². The van der Waals surface area contributed by atoms with E-state index >= 15 is 0 Å². The molecule has 0 unspecified atom stereocenters. The van der Waals surface area contributed by atoms with Crippen molar-refractivity contribution in [3.63, 3.8) is 0 Å². The van der Waals surface area contributed by atoms with Gasteiger partial charge in [0.05, 0.1) is 0 Å². The first-order valence-electron chi connectivity index (χ1n) is 0.621. The van der Waals surface area contributed by atoms with Gasteiger partial charge < -0.3 is 0 Å². The van der Waals surface area contributed by atoms with Crippen molar-refractivity contribution in [3.8, 4) is 0 Å². The van der Waals surface area contributed by atoms with E-state index in [1.807, 2.05) is 5.52 Å². The van der Waals surface area contributed by atoms with Crippen molar-refractivity contribution in [1.82, 2.24) is 0 Å². The average molecular weight is 187 g/mol. The molecule has 0 atom stereocenters. The molecule has 0 fully saturated rings. The van der Waals surface area contributed by atoms with Gasteiger partial charge in [-0.1, -0.05) is 0 Å². The zero-order valence-electron chi connectivity index (χ0n) is 2.11. The molecular formula is CH3Cl2Ru. The molecule has 0 amide bonds. The van der Waals surface area contributed by atoms with Crippen LogP contribution in [0.4, 0.5) is 0 Å². The van der Waals surface area contributed by atoms with Gasteiger partial charge in [-0.3, -0.25) is 0 Å². The summed E-state index contributed by atoms with van der Waals surface area (Å²) in [7, 11) is 10.4. The predicted octanol–water partition coefficient (Wildman–Crippen LogP) is 1.96. The van der Waals surface area contributed by atoms with Crippen LogP contribution < -0.4 is 0 Å². The van der Waals surface area contributed by atoms with Gasteiger partial charge in [0.15, 0.2) is 0 Å². The van der Waals surface area contributed by atoms with Gasteiger partial charge >= 0.3 is 38.9 Å². The fraction of sp³-hybridized carbons (Fsp3) is 1.00. The molecule has 0 aliphatic rings. The molecule has 0 saturated carbocycles. The van der Waals surface area contributed by atoms with Crippen molar-refractivity contribution in [3.05, 3.63) is 0 Å². The molecule has 4 heavy (non-hydrogen) atoms. The molecule has 0 aromatic carbocycles. The van der Waals surface area contributed by atoms with E-state index in [1.165, 1.54) is 0 Å². The Bertz CT molecular complexity index is 10.8. The third-order valence-electron chi connectivity index (χ3n) is 0. The fourth-order valence-corrected chi connectivity index (χ4v) is 0. The van der Waals surface area contributed by atoms with Crippen molar-refractivity contribution in [2.45, 2.75) is 5.52 Å². The Hall–Kier alpha value is 1.20. The molecule has 0 nitrogen and oxygen atoms in total. The Balaban J connectivity index is 2.32. The maximum atomic E-state index is 5.18. The average Bonchev–Trinajstić information content (AvgIpc) is 0.811. The number of halogens is 2. The molecule has 0 aliphatic heterocycles. The van der Waals surface area contributed by atoms with Crippen molar-refractivity contribution < 1.29 is 14.0 Å². The molecule has 0 rings (SSSR count). The zero-order chi connectivity index (χ0) is 3.58. The second kappa shape index (κ2) is 2.44. The summed E-state index contributed by atoms with van der Waals surface area (Å²) >= 11 is -1.23. The summed E-state index contributed by atoms with van der Waals surface area (Å²) in [6, 6.07) is 0. The Morgan fingerprint density at radius 1 is 1.50 bits per heavy atom. The molecule has 0 heterocycles. The summed E-state index contributed by atoms with van der Waals surface area (Å²) in [6.07, 6.45) is 0. The van der Waals surface area contributed by atoms with Crippen LogP contribution >= 0.6 is 19.4 Å². The van der Waals surface area contributed by atoms with Crippen LogP contribution in [0.3, 0.4) is 0 Å². The quantitative estimate of drug-likeness (QED) is 0.508. The molecule has 0 spiro atoms. The third kappa shape index (κ3) is 10.7. The van der Waals surface area contributed by atoms with Crippen LogP contribution in [-0.2, 0) is 14.0 Å². The summed E-state index contributed by atoms with van der Waals surface area (Å²) in [5, 5.41) is 0. The van der Waals surface area contributed by atoms with Crippen molar-refractivity contribution in [2.75, 3.05) is 0 Å². The minimum absolute atomic E-state index is 1.23. The topological polar surface area (TPSA) is 0 Å². The summed E-state index contributed by atoms with van der Waals surface area (Å²) < 4.78 is 0. The van der Waals surface area contributed by atoms with E-state index in [9.17, 15) is 0 Å². The number of hydrogen-bond donors (Lipinski definition) is 0. The monoisotopic (exact) mass is 187 g/mol. The summed E-state index contributed by atoms with van der Waals surface area (Å²) in [5.41, 5.74) is 1.84. The van der Waals surface area contributed by atoms with E-state index in [4.69, 9.17) is 19.4 Å². The third-order valence-corrected chi connectivity index (χ3v) is 0. The molecule has 0 saturated heterocycles. The fourth-order valence-electron chi connectivity index (χ4n) is 0. The molecule has 3 heteroatoms. The zero-order valence-corrected chi connectivity index (χ0v) is 5.36. The van der Waals surface area contributed by atoms with Gasteiger partial charge in [-0.05, 0) is 0 Å². The number of hydrogen-bond acceptors (Lipinski definition) is 0. The Labute approximate surface area is 39.1 Å². The van der Waals surface area contributed by atoms with Crippen LogP contribution in [0.2, 0.25) is 5.52 Å². The summed E-state index contributed by atoms with van der Waals surface area (Å²) in [6.45, 7) is 0. The van der Waals surface area contributed by atoms with Gasteiger partial charge in [-0.2, -0.15) is 0 Å². The summed E-state index contributed by atoms with van der Waals surface area (Å²) in [4.78, 5) is 0. The van der Waals surface area contributed by atoms with Gasteiger partial charge in [-0.25, -0.2) is 0 Å². The molecule has 0 bridgehead atoms. The van der Waals surface area contributed by atoms with E-state index < -0.39 is 14.0 Å². The molecule has 0 aromatic heterocycles. The van der Waals surface area contributed by atoms with Crippen LogP contribution in [-0.4, -0.2) is 0 Å². The normalized spacial score (nSPS) is 11.2. The standard InChI is InChI=1S/CH3.2ClH.Ru/h1H3;2*1H;/q;;;+2/p-2. The molecule has 0 radical (unpaired) electrons. The van der Waals surface area contributed by atoms with Gasteiger partial charge in [-0.15, -0.1) is 0 Å². The van der Waals surface area contributed by atoms with Crippen LogP contribution in [0.5, 0.6) is 0 Å². The molecule has 29 valence electrons. The first-order chi connectivity index (χ1) is 1.73. The van der Waals surface area contributed by atoms with Gasteiger partial charge in [0.1, 0.15) is 0 Å². The molecular weight excluding hydrogens is 184 g/mol. The first kappa shape index (κ1) is 5.20. The van der Waals surface area contributed by atoms with E-state index in [-0.39, 0.29) is 0 Å². The van der Waals surface area contributed by atoms with E-state index in [1.54, 1.807) is 0 Å². The van der Waals surface area contributed by atoms with Crippen molar-refractivity contribution in [1.29, 1.82) is 0 Å². The number of rotatable bonds is 0. The minimum atomic E-state index is -1.23. The SMILES string of the molecule is [CH3][Ru]([Cl])[Cl]. The summed E-state index contributed by atoms with van der Waals surface area (Å²) in [5.74, 6) is 0. The van der Waals surface area contributed by atoms with Crippen molar-refractivity contribution >= 4 is 19.4 Å². The van der Waals surface area contributed by atoms with Gasteiger partial charge in [0.2, 0.25) is 0 Å². The Morgan fingerprint density at radius 2 is 1.50 bits per heavy atom. The second-order valence-corrected chi connectivity index (χ2v) is 7.43. The first-order valence-corrected chi connectivity index (χ1v) is 6.84. The molecule has 0 aromatic rings. The van der Waals surface area contributed by atoms with Crippen LogP contribution in [0.15, 0.2) is 0 Å². The van der Waals surface area contributed by atoms with Crippen molar-refractivity contribution in [2.24, 2.45) is 0 Å².